The van der Waals surface area contributed by atoms with E-state index >= 15 is 0 Å². The van der Waals surface area contributed by atoms with Crippen molar-refractivity contribution in [2.24, 2.45) is 5.41 Å². The zero-order valence-electron chi connectivity index (χ0n) is 24.3. The van der Waals surface area contributed by atoms with Crippen LogP contribution in [0.3, 0.4) is 0 Å². The van der Waals surface area contributed by atoms with Gasteiger partial charge in [0.1, 0.15) is 17.4 Å². The van der Waals surface area contributed by atoms with Crippen LogP contribution >= 0.6 is 0 Å². The molecule has 1 aliphatic rings. The summed E-state index contributed by atoms with van der Waals surface area (Å²) in [4.78, 5) is 48.8. The van der Waals surface area contributed by atoms with Gasteiger partial charge < -0.3 is 20.4 Å². The van der Waals surface area contributed by atoms with Gasteiger partial charge in [-0.2, -0.15) is 0 Å². The van der Waals surface area contributed by atoms with Crippen molar-refractivity contribution in [3.63, 3.8) is 0 Å². The van der Waals surface area contributed by atoms with Crippen LogP contribution in [-0.4, -0.2) is 81.7 Å². The molecule has 3 heterocycles. The minimum absolute atomic E-state index is 0.100. The molecular weight excluding hydrogens is 504 g/mol. The van der Waals surface area contributed by atoms with Crippen LogP contribution in [0.25, 0.3) is 5.65 Å². The summed E-state index contributed by atoms with van der Waals surface area (Å²) in [7, 11) is 1.72. The average molecular weight is 547 g/mol. The number of hydrogen-bond acceptors (Lipinski definition) is 5. The number of nitrogens with one attached hydrogen (secondary N) is 2. The molecule has 1 aliphatic heterocycles. The fourth-order valence-corrected chi connectivity index (χ4v) is 5.22. The summed E-state index contributed by atoms with van der Waals surface area (Å²) in [5, 5.41) is 5.93. The van der Waals surface area contributed by atoms with Gasteiger partial charge in [-0.15, -0.1) is 0 Å². The number of aromatic nitrogens is 2. The Morgan fingerprint density at radius 2 is 1.82 bits per heavy atom. The first-order valence-electron chi connectivity index (χ1n) is 14.1. The number of amides is 3. The van der Waals surface area contributed by atoms with E-state index in [0.29, 0.717) is 37.4 Å². The molecule has 4 rings (SSSR count). The third kappa shape index (κ3) is 6.70. The van der Waals surface area contributed by atoms with Gasteiger partial charge in [0.05, 0.1) is 12.2 Å². The normalized spacial score (nSPS) is 17.0. The SMILES string of the molecule is CN[C@@H](C)C(=O)N[C@H](C(=O)N1CCC[C@H]1CN(CCc1ccccc1)C(=O)c1cnc2ccccn12)C(C)(C)C. The topological polar surface area (TPSA) is 99.0 Å². The predicted molar refractivity (Wildman–Crippen MR) is 156 cm³/mol. The largest absolute Gasteiger partial charge is 0.342 e. The third-order valence-corrected chi connectivity index (χ3v) is 7.75. The Kier molecular flexibility index (Phi) is 9.25. The number of carbonyl (C=O) groups is 3. The standard InChI is InChI=1S/C31H42N6O3/c1-22(32-5)28(38)34-27(31(2,3)4)30(40)36-18-11-14-24(36)21-35(19-16-23-12-7-6-8-13-23)29(39)25-20-33-26-15-9-10-17-37(25)26/h6-10,12-13,15,17,20,22,24,27,32H,11,14,16,18-19,21H2,1-5H3,(H,34,38)/t22-,24-,27+/m0/s1. The van der Waals surface area contributed by atoms with Crippen LogP contribution in [-0.2, 0) is 16.0 Å². The summed E-state index contributed by atoms with van der Waals surface area (Å²) in [6.07, 6.45) is 5.82. The minimum Gasteiger partial charge on any atom is -0.342 e. The van der Waals surface area contributed by atoms with Crippen molar-refractivity contribution in [2.45, 2.75) is 65.1 Å². The number of imidazole rings is 1. The number of likely N-dealkylation sites (N-methyl/N-ethyl adjacent to an activating group) is 1. The number of rotatable bonds is 10. The Labute approximate surface area is 236 Å². The van der Waals surface area contributed by atoms with Crippen molar-refractivity contribution in [3.05, 3.63) is 72.2 Å². The van der Waals surface area contributed by atoms with Crippen LogP contribution in [0.15, 0.2) is 60.9 Å². The van der Waals surface area contributed by atoms with Crippen molar-refractivity contribution in [2.75, 3.05) is 26.7 Å². The Hall–Kier alpha value is -3.72. The van der Waals surface area contributed by atoms with E-state index < -0.39 is 17.5 Å². The van der Waals surface area contributed by atoms with Crippen LogP contribution in [0, 0.1) is 5.41 Å². The van der Waals surface area contributed by atoms with E-state index in [4.69, 9.17) is 0 Å². The van der Waals surface area contributed by atoms with Gasteiger partial charge in [-0.25, -0.2) is 4.98 Å². The minimum atomic E-state index is -0.677. The monoisotopic (exact) mass is 546 g/mol. The lowest BCUT2D eigenvalue weighted by atomic mass is 9.85. The van der Waals surface area contributed by atoms with Crippen LogP contribution in [0.1, 0.15) is 56.6 Å². The third-order valence-electron chi connectivity index (χ3n) is 7.75. The maximum atomic E-state index is 14.0. The Morgan fingerprint density at radius 1 is 1.10 bits per heavy atom. The van der Waals surface area contributed by atoms with Gasteiger partial charge in [0.15, 0.2) is 0 Å². The first kappa shape index (κ1) is 29.3. The Bertz CT molecular complexity index is 1320. The fraction of sp³-hybridized carbons (Fsp3) is 0.484. The van der Waals surface area contributed by atoms with Crippen molar-refractivity contribution in [3.8, 4) is 0 Å². The van der Waals surface area contributed by atoms with E-state index in [9.17, 15) is 14.4 Å². The molecule has 1 saturated heterocycles. The average Bonchev–Trinajstić information content (AvgIpc) is 3.59. The molecule has 9 heteroatoms. The number of carbonyl (C=O) groups excluding carboxylic acids is 3. The van der Waals surface area contributed by atoms with Gasteiger partial charge in [-0.05, 0) is 56.3 Å². The molecule has 3 atom stereocenters. The first-order valence-corrected chi connectivity index (χ1v) is 14.1. The van der Waals surface area contributed by atoms with E-state index in [1.54, 1.807) is 20.2 Å². The van der Waals surface area contributed by atoms with E-state index in [0.717, 1.165) is 18.4 Å². The zero-order valence-corrected chi connectivity index (χ0v) is 24.3. The highest BCUT2D eigenvalue weighted by molar-refractivity contribution is 5.93. The van der Waals surface area contributed by atoms with Gasteiger partial charge >= 0.3 is 0 Å². The molecule has 3 amide bonds. The first-order chi connectivity index (χ1) is 19.1. The Morgan fingerprint density at radius 3 is 2.52 bits per heavy atom. The van der Waals surface area contributed by atoms with Gasteiger partial charge in [-0.3, -0.25) is 18.8 Å². The van der Waals surface area contributed by atoms with Crippen molar-refractivity contribution >= 4 is 23.4 Å². The summed E-state index contributed by atoms with van der Waals surface area (Å²) in [5.74, 6) is -0.423. The van der Waals surface area contributed by atoms with E-state index in [2.05, 4.69) is 27.8 Å². The van der Waals surface area contributed by atoms with Crippen LogP contribution in [0.5, 0.6) is 0 Å². The molecule has 1 fully saturated rings. The summed E-state index contributed by atoms with van der Waals surface area (Å²) in [5.41, 5.74) is 1.88. The summed E-state index contributed by atoms with van der Waals surface area (Å²) in [6.45, 7) is 9.19. The number of nitrogens with zero attached hydrogens (tertiary/aromatic N) is 4. The second-order valence-corrected chi connectivity index (χ2v) is 11.7. The fourth-order valence-electron chi connectivity index (χ4n) is 5.22. The molecule has 0 spiro atoms. The van der Waals surface area contributed by atoms with E-state index in [1.807, 2.05) is 77.6 Å². The number of benzene rings is 1. The highest BCUT2D eigenvalue weighted by Crippen LogP contribution is 2.27. The molecule has 9 nitrogen and oxygen atoms in total. The van der Waals surface area contributed by atoms with Crippen molar-refractivity contribution in [1.82, 2.24) is 29.8 Å². The van der Waals surface area contributed by atoms with E-state index in [1.165, 1.54) is 0 Å². The lowest BCUT2D eigenvalue weighted by Gasteiger charge is -2.37. The van der Waals surface area contributed by atoms with Crippen molar-refractivity contribution < 1.29 is 14.4 Å². The highest BCUT2D eigenvalue weighted by Gasteiger charge is 2.41. The van der Waals surface area contributed by atoms with Gasteiger partial charge in [-0.1, -0.05) is 57.2 Å². The summed E-state index contributed by atoms with van der Waals surface area (Å²) < 4.78 is 1.81. The molecule has 0 bridgehead atoms. The maximum absolute atomic E-state index is 14.0. The van der Waals surface area contributed by atoms with Crippen molar-refractivity contribution in [1.29, 1.82) is 0 Å². The van der Waals surface area contributed by atoms with Gasteiger partial charge in [0, 0.05) is 31.9 Å². The molecule has 2 N–H and O–H groups in total. The second-order valence-electron chi connectivity index (χ2n) is 11.7. The number of fused-ring (bicyclic) bond motifs is 1. The second kappa shape index (κ2) is 12.6. The van der Waals surface area contributed by atoms with E-state index in [-0.39, 0.29) is 23.8 Å². The molecule has 0 unspecified atom stereocenters. The quantitative estimate of drug-likeness (QED) is 0.407. The number of hydrogen-bond donors (Lipinski definition) is 2. The number of likely N-dealkylation sites (tertiary alicyclic amines) is 1. The molecular formula is C31H42N6O3. The highest BCUT2D eigenvalue weighted by atomic mass is 16.2. The molecule has 1 aromatic carbocycles. The zero-order chi connectivity index (χ0) is 28.9. The molecule has 0 radical (unpaired) electrons. The van der Waals surface area contributed by atoms with Gasteiger partial charge in [0.25, 0.3) is 5.91 Å². The van der Waals surface area contributed by atoms with Gasteiger partial charge in [0.2, 0.25) is 11.8 Å². The van der Waals surface area contributed by atoms with Crippen LogP contribution in [0.4, 0.5) is 0 Å². The molecule has 3 aromatic rings. The summed E-state index contributed by atoms with van der Waals surface area (Å²) >= 11 is 0. The molecule has 0 aliphatic carbocycles. The molecule has 40 heavy (non-hydrogen) atoms. The molecule has 2 aromatic heterocycles. The molecule has 0 saturated carbocycles. The molecule has 214 valence electrons. The van der Waals surface area contributed by atoms with Crippen LogP contribution < -0.4 is 10.6 Å². The lowest BCUT2D eigenvalue weighted by molar-refractivity contribution is -0.140. The summed E-state index contributed by atoms with van der Waals surface area (Å²) in [6, 6.07) is 14.5. The number of pyridine rings is 1. The maximum Gasteiger partial charge on any atom is 0.272 e. The Balaban J connectivity index is 1.57. The lowest BCUT2D eigenvalue weighted by Crippen LogP contribution is -2.59. The predicted octanol–water partition coefficient (Wildman–Crippen LogP) is 3.15. The van der Waals surface area contributed by atoms with Crippen LogP contribution in [0.2, 0.25) is 0 Å². The smallest absolute Gasteiger partial charge is 0.272 e.